The predicted molar refractivity (Wildman–Crippen MR) is 107 cm³/mol. The van der Waals surface area contributed by atoms with Crippen LogP contribution in [0.1, 0.15) is 35.0 Å². The van der Waals surface area contributed by atoms with Gasteiger partial charge in [0.25, 0.3) is 11.5 Å². The highest BCUT2D eigenvalue weighted by atomic mass is 16.2. The first-order valence-corrected chi connectivity index (χ1v) is 9.14. The summed E-state index contributed by atoms with van der Waals surface area (Å²) in [5.74, 6) is -0.871. The number of fused-ring (bicyclic) bond motifs is 1. The van der Waals surface area contributed by atoms with E-state index in [-0.39, 0.29) is 23.6 Å². The quantitative estimate of drug-likeness (QED) is 0.665. The third-order valence-electron chi connectivity index (χ3n) is 4.46. The third-order valence-corrected chi connectivity index (χ3v) is 4.46. The minimum absolute atomic E-state index is 0.0934. The summed E-state index contributed by atoms with van der Waals surface area (Å²) in [6.45, 7) is 4.12. The van der Waals surface area contributed by atoms with Crippen LogP contribution in [0.2, 0.25) is 0 Å². The van der Waals surface area contributed by atoms with Crippen molar-refractivity contribution >= 4 is 22.6 Å². The molecule has 1 aromatic heterocycles. The highest BCUT2D eigenvalue weighted by Gasteiger charge is 2.16. The molecule has 1 heterocycles. The molecule has 7 heteroatoms. The van der Waals surface area contributed by atoms with Crippen molar-refractivity contribution in [3.8, 4) is 0 Å². The maximum atomic E-state index is 12.6. The van der Waals surface area contributed by atoms with Crippen LogP contribution in [0.4, 0.5) is 0 Å². The predicted octanol–water partition coefficient (Wildman–Crippen LogP) is 2.12. The van der Waals surface area contributed by atoms with Gasteiger partial charge >= 0.3 is 0 Å². The molecule has 0 aliphatic rings. The second-order valence-electron chi connectivity index (χ2n) is 6.50. The lowest BCUT2D eigenvalue weighted by Gasteiger charge is -2.11. The smallest absolute Gasteiger partial charge is 0.273 e. The van der Waals surface area contributed by atoms with Crippen LogP contribution in [0.15, 0.2) is 53.3 Å². The molecule has 0 saturated carbocycles. The number of hydrazine groups is 1. The van der Waals surface area contributed by atoms with E-state index < -0.39 is 5.91 Å². The number of hydrogen-bond donors (Lipinski definition) is 2. The molecule has 144 valence electrons. The summed E-state index contributed by atoms with van der Waals surface area (Å²) in [6.07, 6.45) is 0.815. The molecular weight excluding hydrogens is 356 g/mol. The molecule has 0 unspecified atom stereocenters. The molecule has 2 amide bonds. The van der Waals surface area contributed by atoms with Gasteiger partial charge in [0.1, 0.15) is 0 Å². The zero-order valence-electron chi connectivity index (χ0n) is 15.9. The molecule has 0 spiro atoms. The Hall–Kier alpha value is -3.48. The van der Waals surface area contributed by atoms with Crippen molar-refractivity contribution in [2.75, 3.05) is 0 Å². The highest BCUT2D eigenvalue weighted by molar-refractivity contribution is 6.05. The Morgan fingerprint density at radius 1 is 1.00 bits per heavy atom. The van der Waals surface area contributed by atoms with Gasteiger partial charge in [0.2, 0.25) is 5.91 Å². The lowest BCUT2D eigenvalue weighted by molar-refractivity contribution is -0.121. The number of aryl methyl sites for hydroxylation is 3. The zero-order valence-corrected chi connectivity index (χ0v) is 15.9. The van der Waals surface area contributed by atoms with Gasteiger partial charge in [-0.05, 0) is 31.9 Å². The molecule has 3 aromatic rings. The maximum absolute atomic E-state index is 12.6. The molecular formula is C21H22N4O3. The van der Waals surface area contributed by atoms with Gasteiger partial charge in [0.05, 0.1) is 5.39 Å². The monoisotopic (exact) mass is 378 g/mol. The summed E-state index contributed by atoms with van der Waals surface area (Å²) in [5.41, 5.74) is 6.86. The Bertz CT molecular complexity index is 1070. The minimum atomic E-state index is -0.568. The first-order valence-electron chi connectivity index (χ1n) is 9.14. The Kier molecular flexibility index (Phi) is 5.84. The lowest BCUT2D eigenvalue weighted by Crippen LogP contribution is -2.42. The standard InChI is InChI=1S/C21H22N4O3/c1-3-25-21(28)17-7-5-4-6-16(17)19(24-25)20(27)23-22-18(26)13-12-15-10-8-14(2)9-11-15/h4-11H,3,12-13H2,1-2H3,(H,22,26)(H,23,27). The molecule has 0 saturated heterocycles. The number of nitrogens with one attached hydrogen (secondary N) is 2. The van der Waals surface area contributed by atoms with E-state index in [4.69, 9.17) is 0 Å². The maximum Gasteiger partial charge on any atom is 0.290 e. The number of rotatable bonds is 5. The van der Waals surface area contributed by atoms with E-state index >= 15 is 0 Å². The van der Waals surface area contributed by atoms with Crippen LogP contribution >= 0.6 is 0 Å². The lowest BCUT2D eigenvalue weighted by atomic mass is 10.1. The van der Waals surface area contributed by atoms with Crippen molar-refractivity contribution in [3.63, 3.8) is 0 Å². The topological polar surface area (TPSA) is 93.1 Å². The first kappa shape index (κ1) is 19.3. The average molecular weight is 378 g/mol. The number of hydrogen-bond acceptors (Lipinski definition) is 4. The molecule has 7 nitrogen and oxygen atoms in total. The molecule has 28 heavy (non-hydrogen) atoms. The van der Waals surface area contributed by atoms with E-state index in [9.17, 15) is 14.4 Å². The van der Waals surface area contributed by atoms with E-state index in [2.05, 4.69) is 16.0 Å². The van der Waals surface area contributed by atoms with E-state index in [0.29, 0.717) is 23.7 Å². The van der Waals surface area contributed by atoms with Crippen molar-refractivity contribution in [2.45, 2.75) is 33.2 Å². The Labute approximate surface area is 162 Å². The fourth-order valence-corrected chi connectivity index (χ4v) is 2.88. The van der Waals surface area contributed by atoms with Gasteiger partial charge in [-0.2, -0.15) is 5.10 Å². The van der Waals surface area contributed by atoms with Crippen molar-refractivity contribution in [1.82, 2.24) is 20.6 Å². The second-order valence-corrected chi connectivity index (χ2v) is 6.50. The molecule has 3 rings (SSSR count). The molecule has 0 fully saturated rings. The summed E-state index contributed by atoms with van der Waals surface area (Å²) in [4.78, 5) is 36.9. The van der Waals surface area contributed by atoms with Gasteiger partial charge < -0.3 is 0 Å². The summed E-state index contributed by atoms with van der Waals surface area (Å²) >= 11 is 0. The number of amides is 2. The Balaban J connectivity index is 1.68. The first-order chi connectivity index (χ1) is 13.5. The van der Waals surface area contributed by atoms with Gasteiger partial charge in [0, 0.05) is 18.4 Å². The van der Waals surface area contributed by atoms with E-state index in [1.807, 2.05) is 31.2 Å². The summed E-state index contributed by atoms with van der Waals surface area (Å²) in [5, 5.41) is 5.00. The number of carbonyl (C=O) groups is 2. The van der Waals surface area contributed by atoms with E-state index in [1.54, 1.807) is 31.2 Å². The Morgan fingerprint density at radius 3 is 2.36 bits per heavy atom. The summed E-state index contributed by atoms with van der Waals surface area (Å²) in [7, 11) is 0. The Morgan fingerprint density at radius 2 is 1.68 bits per heavy atom. The van der Waals surface area contributed by atoms with Crippen LogP contribution in [0.5, 0.6) is 0 Å². The van der Waals surface area contributed by atoms with Crippen LogP contribution in [-0.4, -0.2) is 21.6 Å². The highest BCUT2D eigenvalue weighted by Crippen LogP contribution is 2.13. The van der Waals surface area contributed by atoms with E-state index in [0.717, 1.165) is 11.1 Å². The SMILES string of the molecule is CCn1nc(C(=O)NNC(=O)CCc2ccc(C)cc2)c2ccccc2c1=O. The van der Waals surface area contributed by atoms with Gasteiger partial charge in [-0.15, -0.1) is 0 Å². The third kappa shape index (κ3) is 4.25. The summed E-state index contributed by atoms with van der Waals surface area (Å²) < 4.78 is 1.23. The van der Waals surface area contributed by atoms with Gasteiger partial charge in [-0.3, -0.25) is 25.2 Å². The fraction of sp³-hybridized carbons (Fsp3) is 0.238. The molecule has 0 atom stereocenters. The summed E-state index contributed by atoms with van der Waals surface area (Å²) in [6, 6.07) is 14.7. The molecule has 2 aromatic carbocycles. The van der Waals surface area contributed by atoms with Gasteiger partial charge in [0.15, 0.2) is 5.69 Å². The van der Waals surface area contributed by atoms with Crippen molar-refractivity contribution in [3.05, 3.63) is 75.7 Å². The number of benzene rings is 2. The molecule has 0 radical (unpaired) electrons. The van der Waals surface area contributed by atoms with Crippen LogP contribution in [-0.2, 0) is 17.8 Å². The van der Waals surface area contributed by atoms with Crippen LogP contribution in [0.25, 0.3) is 10.8 Å². The number of carbonyl (C=O) groups excluding carboxylic acids is 2. The zero-order chi connectivity index (χ0) is 20.1. The van der Waals surface area contributed by atoms with Crippen LogP contribution in [0, 0.1) is 6.92 Å². The average Bonchev–Trinajstić information content (AvgIpc) is 2.72. The molecule has 0 aliphatic heterocycles. The number of aromatic nitrogens is 2. The molecule has 0 bridgehead atoms. The second kappa shape index (κ2) is 8.47. The van der Waals surface area contributed by atoms with Crippen molar-refractivity contribution < 1.29 is 9.59 Å². The van der Waals surface area contributed by atoms with Crippen LogP contribution in [0.3, 0.4) is 0 Å². The van der Waals surface area contributed by atoms with Crippen molar-refractivity contribution in [2.24, 2.45) is 0 Å². The van der Waals surface area contributed by atoms with Crippen LogP contribution < -0.4 is 16.4 Å². The number of nitrogens with zero attached hydrogens (tertiary/aromatic N) is 2. The van der Waals surface area contributed by atoms with Crippen molar-refractivity contribution in [1.29, 1.82) is 0 Å². The minimum Gasteiger partial charge on any atom is -0.273 e. The van der Waals surface area contributed by atoms with E-state index in [1.165, 1.54) is 4.68 Å². The fourth-order valence-electron chi connectivity index (χ4n) is 2.88. The molecule has 2 N–H and O–H groups in total. The van der Waals surface area contributed by atoms with Gasteiger partial charge in [-0.25, -0.2) is 4.68 Å². The normalized spacial score (nSPS) is 10.6. The molecule has 0 aliphatic carbocycles. The van der Waals surface area contributed by atoms with Gasteiger partial charge in [-0.1, -0.05) is 48.0 Å². The largest absolute Gasteiger partial charge is 0.290 e.